The van der Waals surface area contributed by atoms with Crippen LogP contribution < -0.4 is 0 Å². The van der Waals surface area contributed by atoms with Crippen LogP contribution in [0.1, 0.15) is 51.4 Å². The van der Waals surface area contributed by atoms with Crippen LogP contribution in [0.5, 0.6) is 0 Å². The normalized spacial score (nSPS) is 44.3. The van der Waals surface area contributed by atoms with E-state index >= 15 is 0 Å². The van der Waals surface area contributed by atoms with Gasteiger partial charge in [0.2, 0.25) is 10.5 Å². The smallest absolute Gasteiger partial charge is 0.225 e. The molecule has 0 aromatic carbocycles. The molecule has 112 valence electrons. The van der Waals surface area contributed by atoms with Crippen LogP contribution in [0.4, 0.5) is 0 Å². The van der Waals surface area contributed by atoms with Gasteiger partial charge in [-0.25, -0.2) is 0 Å². The van der Waals surface area contributed by atoms with Gasteiger partial charge in [-0.2, -0.15) is 0 Å². The molecule has 3 aliphatic carbocycles. The average Bonchev–Trinajstić information content (AvgIpc) is 2.43. The first-order valence-corrected chi connectivity index (χ1v) is 8.72. The highest BCUT2D eigenvalue weighted by Gasteiger charge is 2.48. The Balaban J connectivity index is 1.80. The summed E-state index contributed by atoms with van der Waals surface area (Å²) in [5, 5.41) is -0.328. The van der Waals surface area contributed by atoms with Gasteiger partial charge in [0.15, 0.2) is 0 Å². The lowest BCUT2D eigenvalue weighted by Crippen LogP contribution is -2.44. The van der Waals surface area contributed by atoms with E-state index in [1.807, 2.05) is 0 Å². The summed E-state index contributed by atoms with van der Waals surface area (Å²) in [7, 11) is 0. The summed E-state index contributed by atoms with van der Waals surface area (Å²) in [6, 6.07) is 0. The summed E-state index contributed by atoms with van der Waals surface area (Å²) in [5.74, 6) is 2.11. The molecule has 0 aromatic heterocycles. The molecule has 3 aliphatic rings. The number of carbonyl (C=O) groups is 2. The number of hydrogen-bond acceptors (Lipinski definition) is 2. The fraction of sp³-hybridized carbons (Fsp3) is 0.875. The quantitative estimate of drug-likeness (QED) is 0.709. The summed E-state index contributed by atoms with van der Waals surface area (Å²) in [6.07, 6.45) is 8.74. The van der Waals surface area contributed by atoms with E-state index < -0.39 is 0 Å². The SMILES string of the molecule is O=C(Cl)C1CCCC2CC3CCCC(C(=O)Cl)C3CC21. The van der Waals surface area contributed by atoms with E-state index in [1.165, 1.54) is 19.3 Å². The van der Waals surface area contributed by atoms with E-state index in [0.717, 1.165) is 32.1 Å². The van der Waals surface area contributed by atoms with Crippen molar-refractivity contribution >= 4 is 33.7 Å². The zero-order valence-corrected chi connectivity index (χ0v) is 13.2. The average molecular weight is 317 g/mol. The maximum Gasteiger partial charge on any atom is 0.225 e. The van der Waals surface area contributed by atoms with Gasteiger partial charge < -0.3 is 0 Å². The Morgan fingerprint density at radius 3 is 1.55 bits per heavy atom. The monoisotopic (exact) mass is 316 g/mol. The Hall–Kier alpha value is -0.0800. The summed E-state index contributed by atoms with van der Waals surface area (Å²) in [6.45, 7) is 0. The molecule has 0 bridgehead atoms. The lowest BCUT2D eigenvalue weighted by molar-refractivity contribution is -0.124. The zero-order valence-electron chi connectivity index (χ0n) is 11.7. The van der Waals surface area contributed by atoms with Crippen LogP contribution in [0, 0.1) is 35.5 Å². The van der Waals surface area contributed by atoms with Gasteiger partial charge in [-0.05, 0) is 72.6 Å². The molecule has 0 radical (unpaired) electrons. The molecule has 0 amide bonds. The Kier molecular flexibility index (Phi) is 4.42. The molecule has 4 heteroatoms. The third-order valence-electron chi connectivity index (χ3n) is 6.16. The van der Waals surface area contributed by atoms with Gasteiger partial charge in [-0.3, -0.25) is 9.59 Å². The Bertz CT molecular complexity index is 373. The highest BCUT2D eigenvalue weighted by molar-refractivity contribution is 6.64. The van der Waals surface area contributed by atoms with Crippen LogP contribution in [0.2, 0.25) is 0 Å². The fourth-order valence-corrected chi connectivity index (χ4v) is 5.82. The minimum absolute atomic E-state index is 0.0179. The predicted octanol–water partition coefficient (Wildman–Crippen LogP) is 4.38. The minimum Gasteiger partial charge on any atom is -0.281 e. The van der Waals surface area contributed by atoms with Crippen LogP contribution in [0.3, 0.4) is 0 Å². The first kappa shape index (κ1) is 14.8. The van der Waals surface area contributed by atoms with Crippen molar-refractivity contribution in [2.45, 2.75) is 51.4 Å². The van der Waals surface area contributed by atoms with Crippen molar-refractivity contribution in [1.29, 1.82) is 0 Å². The summed E-state index contributed by atoms with van der Waals surface area (Å²) >= 11 is 11.6. The molecule has 3 rings (SSSR count). The second-order valence-electron chi connectivity index (χ2n) is 7.00. The Morgan fingerprint density at radius 1 is 0.700 bits per heavy atom. The molecule has 0 aliphatic heterocycles. The predicted molar refractivity (Wildman–Crippen MR) is 79.6 cm³/mol. The van der Waals surface area contributed by atoms with Gasteiger partial charge in [0.25, 0.3) is 0 Å². The molecule has 20 heavy (non-hydrogen) atoms. The molecule has 0 saturated heterocycles. The molecule has 0 spiro atoms. The third-order valence-corrected chi connectivity index (χ3v) is 6.72. The maximum atomic E-state index is 11.7. The first-order chi connectivity index (χ1) is 9.58. The highest BCUT2D eigenvalue weighted by Crippen LogP contribution is 2.54. The highest BCUT2D eigenvalue weighted by atomic mass is 35.5. The van der Waals surface area contributed by atoms with Crippen molar-refractivity contribution in [3.63, 3.8) is 0 Å². The maximum absolute atomic E-state index is 11.7. The minimum atomic E-state index is -0.164. The number of rotatable bonds is 2. The van der Waals surface area contributed by atoms with Crippen LogP contribution in [0.25, 0.3) is 0 Å². The largest absolute Gasteiger partial charge is 0.281 e. The lowest BCUT2D eigenvalue weighted by atomic mass is 9.55. The van der Waals surface area contributed by atoms with Crippen LogP contribution in [-0.2, 0) is 9.59 Å². The molecule has 6 unspecified atom stereocenters. The summed E-state index contributed by atoms with van der Waals surface area (Å²) < 4.78 is 0. The van der Waals surface area contributed by atoms with E-state index in [1.54, 1.807) is 0 Å². The Morgan fingerprint density at radius 2 is 1.15 bits per heavy atom. The molecule has 0 heterocycles. The molecular weight excluding hydrogens is 295 g/mol. The molecule has 6 atom stereocenters. The number of fused-ring (bicyclic) bond motifs is 2. The number of hydrogen-bond donors (Lipinski definition) is 0. The van der Waals surface area contributed by atoms with E-state index in [9.17, 15) is 9.59 Å². The summed E-state index contributed by atoms with van der Waals surface area (Å²) in [5.41, 5.74) is 0. The molecule has 2 nitrogen and oxygen atoms in total. The van der Waals surface area contributed by atoms with Crippen LogP contribution in [-0.4, -0.2) is 10.5 Å². The van der Waals surface area contributed by atoms with Crippen molar-refractivity contribution < 1.29 is 9.59 Å². The topological polar surface area (TPSA) is 34.1 Å². The van der Waals surface area contributed by atoms with Gasteiger partial charge >= 0.3 is 0 Å². The van der Waals surface area contributed by atoms with Crippen LogP contribution in [0.15, 0.2) is 0 Å². The van der Waals surface area contributed by atoms with Crippen LogP contribution >= 0.6 is 23.2 Å². The van der Waals surface area contributed by atoms with E-state index in [2.05, 4.69) is 0 Å². The molecule has 0 N–H and O–H groups in total. The molecule has 3 saturated carbocycles. The van der Waals surface area contributed by atoms with Crippen molar-refractivity contribution in [2.75, 3.05) is 0 Å². The third kappa shape index (κ3) is 2.66. The molecule has 3 fully saturated rings. The van der Waals surface area contributed by atoms with Gasteiger partial charge in [0.1, 0.15) is 0 Å². The second kappa shape index (κ2) is 5.96. The second-order valence-corrected chi connectivity index (χ2v) is 7.75. The van der Waals surface area contributed by atoms with Crippen molar-refractivity contribution in [2.24, 2.45) is 35.5 Å². The standard InChI is InChI=1S/C16H22Cl2O2/c17-15(19)11-5-1-3-9-7-10-4-2-6-12(16(18)20)14(10)8-13(9)11/h9-14H,1-8H2. The van der Waals surface area contributed by atoms with Crippen molar-refractivity contribution in [1.82, 2.24) is 0 Å². The van der Waals surface area contributed by atoms with E-state index in [-0.39, 0.29) is 22.3 Å². The number of halogens is 2. The Labute approximate surface area is 130 Å². The summed E-state index contributed by atoms with van der Waals surface area (Å²) in [4.78, 5) is 23.4. The number of carbonyl (C=O) groups excluding carboxylic acids is 2. The molecule has 0 aromatic rings. The van der Waals surface area contributed by atoms with E-state index in [4.69, 9.17) is 23.2 Å². The first-order valence-electron chi connectivity index (χ1n) is 7.96. The lowest BCUT2D eigenvalue weighted by Gasteiger charge is -2.50. The van der Waals surface area contributed by atoms with E-state index in [0.29, 0.717) is 23.7 Å². The zero-order chi connectivity index (χ0) is 14.3. The molecular formula is C16H22Cl2O2. The van der Waals surface area contributed by atoms with Gasteiger partial charge in [-0.15, -0.1) is 0 Å². The van der Waals surface area contributed by atoms with Gasteiger partial charge in [-0.1, -0.05) is 25.7 Å². The van der Waals surface area contributed by atoms with Gasteiger partial charge in [0, 0.05) is 11.8 Å². The van der Waals surface area contributed by atoms with Crippen molar-refractivity contribution in [3.05, 3.63) is 0 Å². The fourth-order valence-electron chi connectivity index (χ4n) is 5.28. The van der Waals surface area contributed by atoms with Crippen molar-refractivity contribution in [3.8, 4) is 0 Å². The van der Waals surface area contributed by atoms with Gasteiger partial charge in [0.05, 0.1) is 0 Å².